The average Bonchev–Trinajstić information content (AvgIpc) is 2.54. The van der Waals surface area contributed by atoms with Crippen molar-refractivity contribution in [1.82, 2.24) is 0 Å². The summed E-state index contributed by atoms with van der Waals surface area (Å²) in [6.07, 6.45) is 0.191. The van der Waals surface area contributed by atoms with Gasteiger partial charge in [-0.3, -0.25) is 9.59 Å². The van der Waals surface area contributed by atoms with Gasteiger partial charge in [0, 0.05) is 6.42 Å². The molecule has 25 heavy (non-hydrogen) atoms. The van der Waals surface area contributed by atoms with Crippen LogP contribution in [0.1, 0.15) is 34.8 Å². The van der Waals surface area contributed by atoms with Gasteiger partial charge < -0.3 is 14.9 Å². The molecule has 0 spiro atoms. The number of ether oxygens (including phenoxy) is 1. The molecule has 5 nitrogen and oxygen atoms in total. The maximum atomic E-state index is 12.6. The quantitative estimate of drug-likeness (QED) is 0.595. The van der Waals surface area contributed by atoms with Crippen LogP contribution in [-0.2, 0) is 16.0 Å². The summed E-state index contributed by atoms with van der Waals surface area (Å²) in [7, 11) is 0. The Morgan fingerprint density at radius 2 is 1.68 bits per heavy atom. The van der Waals surface area contributed by atoms with Crippen LogP contribution in [0.15, 0.2) is 42.5 Å². The second-order valence-electron chi connectivity index (χ2n) is 5.94. The fourth-order valence-corrected chi connectivity index (χ4v) is 2.76. The highest BCUT2D eigenvalue weighted by Gasteiger charge is 2.27. The summed E-state index contributed by atoms with van der Waals surface area (Å²) in [6.45, 7) is 3.63. The van der Waals surface area contributed by atoms with E-state index in [9.17, 15) is 19.8 Å². The molecule has 1 atom stereocenters. The monoisotopic (exact) mass is 342 g/mol. The number of aryl methyl sites for hydroxylation is 1. The molecule has 2 aromatic carbocycles. The van der Waals surface area contributed by atoms with Gasteiger partial charge in [0.1, 0.15) is 17.1 Å². The summed E-state index contributed by atoms with van der Waals surface area (Å²) in [5.74, 6) is -2.22. The molecule has 0 aromatic heterocycles. The van der Waals surface area contributed by atoms with E-state index in [-0.39, 0.29) is 30.1 Å². The van der Waals surface area contributed by atoms with Gasteiger partial charge >= 0.3 is 5.97 Å². The van der Waals surface area contributed by atoms with Crippen LogP contribution in [0, 0.1) is 12.8 Å². The van der Waals surface area contributed by atoms with Gasteiger partial charge in [-0.1, -0.05) is 30.3 Å². The van der Waals surface area contributed by atoms with E-state index in [4.69, 9.17) is 4.74 Å². The van der Waals surface area contributed by atoms with Crippen LogP contribution in [0.2, 0.25) is 0 Å². The first-order valence-corrected chi connectivity index (χ1v) is 8.18. The summed E-state index contributed by atoms with van der Waals surface area (Å²) >= 11 is 0. The third-order valence-corrected chi connectivity index (χ3v) is 3.90. The lowest BCUT2D eigenvalue weighted by Crippen LogP contribution is -2.23. The molecule has 2 aromatic rings. The van der Waals surface area contributed by atoms with Crippen LogP contribution < -0.4 is 0 Å². The minimum atomic E-state index is -0.685. The Labute approximate surface area is 146 Å². The molecule has 0 saturated carbocycles. The number of benzene rings is 2. The van der Waals surface area contributed by atoms with Crippen molar-refractivity contribution in [2.45, 2.75) is 26.7 Å². The summed E-state index contributed by atoms with van der Waals surface area (Å²) in [6, 6.07) is 12.1. The van der Waals surface area contributed by atoms with Gasteiger partial charge in [0.05, 0.1) is 12.5 Å². The Hall–Kier alpha value is -2.82. The molecule has 0 saturated heterocycles. The SMILES string of the molecule is CCOC(=O)[C@@H](CC(=O)c1c(O)cc(C)cc1O)Cc1ccccc1. The predicted octanol–water partition coefficient (Wildman–Crippen LogP) is 3.40. The lowest BCUT2D eigenvalue weighted by atomic mass is 9.91. The summed E-state index contributed by atoms with van der Waals surface area (Å²) < 4.78 is 5.08. The molecule has 0 aliphatic rings. The van der Waals surface area contributed by atoms with Crippen molar-refractivity contribution in [2.24, 2.45) is 5.92 Å². The molecular weight excluding hydrogens is 320 g/mol. The number of phenolic OH excluding ortho intramolecular Hbond substituents is 2. The van der Waals surface area contributed by atoms with Crippen molar-refractivity contribution >= 4 is 11.8 Å². The third kappa shape index (κ3) is 4.83. The smallest absolute Gasteiger partial charge is 0.309 e. The number of carbonyl (C=O) groups excluding carboxylic acids is 2. The number of Topliss-reactive ketones (excluding diaryl/α,β-unsaturated/α-hetero) is 1. The number of hydrogen-bond acceptors (Lipinski definition) is 5. The van der Waals surface area contributed by atoms with Crippen molar-refractivity contribution in [2.75, 3.05) is 6.61 Å². The molecule has 0 amide bonds. The predicted molar refractivity (Wildman–Crippen MR) is 93.7 cm³/mol. The van der Waals surface area contributed by atoms with Crippen LogP contribution in [-0.4, -0.2) is 28.6 Å². The molecule has 0 aliphatic carbocycles. The number of phenols is 2. The molecule has 132 valence electrons. The number of esters is 1. The fourth-order valence-electron chi connectivity index (χ4n) is 2.76. The molecule has 0 bridgehead atoms. The van der Waals surface area contributed by atoms with Crippen LogP contribution in [0.3, 0.4) is 0 Å². The van der Waals surface area contributed by atoms with E-state index in [0.717, 1.165) is 5.56 Å². The van der Waals surface area contributed by atoms with Gasteiger partial charge in [-0.15, -0.1) is 0 Å². The number of aromatic hydroxyl groups is 2. The number of hydrogen-bond donors (Lipinski definition) is 2. The Bertz CT molecular complexity index is 729. The Morgan fingerprint density at radius 3 is 2.24 bits per heavy atom. The molecule has 0 aliphatic heterocycles. The van der Waals surface area contributed by atoms with Gasteiger partial charge in [-0.05, 0) is 43.5 Å². The lowest BCUT2D eigenvalue weighted by molar-refractivity contribution is -0.147. The van der Waals surface area contributed by atoms with Crippen molar-refractivity contribution < 1.29 is 24.5 Å². The fraction of sp³-hybridized carbons (Fsp3) is 0.300. The minimum absolute atomic E-state index is 0.155. The number of rotatable bonds is 7. The number of ketones is 1. The normalized spacial score (nSPS) is 11.8. The molecule has 0 fully saturated rings. The standard InChI is InChI=1S/C20H22O5/c1-3-25-20(24)15(11-14-7-5-4-6-8-14)12-18(23)19-16(21)9-13(2)10-17(19)22/h4-10,15,21-22H,3,11-12H2,1-2H3/t15-/m1/s1. The van der Waals surface area contributed by atoms with E-state index in [0.29, 0.717) is 12.0 Å². The highest BCUT2D eigenvalue weighted by molar-refractivity contribution is 6.02. The highest BCUT2D eigenvalue weighted by atomic mass is 16.5. The zero-order chi connectivity index (χ0) is 18.4. The molecule has 0 radical (unpaired) electrons. The number of carbonyl (C=O) groups is 2. The Kier molecular flexibility index (Phi) is 6.17. The van der Waals surface area contributed by atoms with E-state index >= 15 is 0 Å². The molecular formula is C20H22O5. The van der Waals surface area contributed by atoms with Crippen LogP contribution in [0.4, 0.5) is 0 Å². The zero-order valence-electron chi connectivity index (χ0n) is 14.4. The van der Waals surface area contributed by atoms with Crippen LogP contribution in [0.5, 0.6) is 11.5 Å². The first-order chi connectivity index (χ1) is 11.9. The van der Waals surface area contributed by atoms with E-state index in [1.807, 2.05) is 30.3 Å². The minimum Gasteiger partial charge on any atom is -0.507 e. The van der Waals surface area contributed by atoms with Crippen molar-refractivity contribution in [1.29, 1.82) is 0 Å². The highest BCUT2D eigenvalue weighted by Crippen LogP contribution is 2.31. The van der Waals surface area contributed by atoms with Gasteiger partial charge in [0.25, 0.3) is 0 Å². The maximum absolute atomic E-state index is 12.6. The third-order valence-electron chi connectivity index (χ3n) is 3.90. The molecule has 0 heterocycles. The summed E-state index contributed by atoms with van der Waals surface area (Å²) in [5, 5.41) is 20.0. The van der Waals surface area contributed by atoms with E-state index in [2.05, 4.69) is 0 Å². The topological polar surface area (TPSA) is 83.8 Å². The van der Waals surface area contributed by atoms with Crippen molar-refractivity contribution in [3.05, 3.63) is 59.2 Å². The second-order valence-corrected chi connectivity index (χ2v) is 5.94. The van der Waals surface area contributed by atoms with Gasteiger partial charge in [0.15, 0.2) is 5.78 Å². The maximum Gasteiger partial charge on any atom is 0.309 e. The van der Waals surface area contributed by atoms with E-state index in [1.54, 1.807) is 13.8 Å². The Balaban J connectivity index is 2.24. The largest absolute Gasteiger partial charge is 0.507 e. The summed E-state index contributed by atoms with van der Waals surface area (Å²) in [4.78, 5) is 24.8. The average molecular weight is 342 g/mol. The second kappa shape index (κ2) is 8.33. The van der Waals surface area contributed by atoms with Gasteiger partial charge in [-0.2, -0.15) is 0 Å². The van der Waals surface area contributed by atoms with Crippen LogP contribution >= 0.6 is 0 Å². The summed E-state index contributed by atoms with van der Waals surface area (Å²) in [5.41, 5.74) is 1.39. The van der Waals surface area contributed by atoms with Gasteiger partial charge in [0.2, 0.25) is 0 Å². The Morgan fingerprint density at radius 1 is 1.08 bits per heavy atom. The molecule has 0 unspecified atom stereocenters. The molecule has 2 rings (SSSR count). The van der Waals surface area contributed by atoms with Crippen molar-refractivity contribution in [3.8, 4) is 11.5 Å². The molecule has 2 N–H and O–H groups in total. The van der Waals surface area contributed by atoms with Gasteiger partial charge in [-0.25, -0.2) is 0 Å². The zero-order valence-corrected chi connectivity index (χ0v) is 14.4. The van der Waals surface area contributed by atoms with Crippen LogP contribution in [0.25, 0.3) is 0 Å². The first kappa shape index (κ1) is 18.5. The van der Waals surface area contributed by atoms with Crippen molar-refractivity contribution in [3.63, 3.8) is 0 Å². The first-order valence-electron chi connectivity index (χ1n) is 8.18. The lowest BCUT2D eigenvalue weighted by Gasteiger charge is -2.16. The van der Waals surface area contributed by atoms with E-state index in [1.165, 1.54) is 12.1 Å². The van der Waals surface area contributed by atoms with E-state index < -0.39 is 17.7 Å². The molecule has 5 heteroatoms.